The Labute approximate surface area is 195 Å². The van der Waals surface area contributed by atoms with Gasteiger partial charge in [-0.2, -0.15) is 5.10 Å². The maximum absolute atomic E-state index is 12.8. The molecule has 0 saturated heterocycles. The summed E-state index contributed by atoms with van der Waals surface area (Å²) in [4.78, 5) is 23.7. The maximum atomic E-state index is 12.8. The van der Waals surface area contributed by atoms with Gasteiger partial charge in [-0.05, 0) is 61.4 Å². The molecule has 34 heavy (non-hydrogen) atoms. The number of ether oxygens (including phenoxy) is 2. The van der Waals surface area contributed by atoms with Crippen LogP contribution in [0.15, 0.2) is 66.7 Å². The van der Waals surface area contributed by atoms with Crippen LogP contribution in [0.3, 0.4) is 0 Å². The standard InChI is InChI=1S/C25H22N4O5/c1-15-4-5-16(2)24(10-15)34-21-12-18(11-19(13-21)29(31)32)26-25(30)23-14-22(27-28-23)17-6-8-20(33-3)9-7-17/h4-14H,1-3H3,(H,26,30)(H,27,28). The van der Waals surface area contributed by atoms with Crippen LogP contribution >= 0.6 is 0 Å². The lowest BCUT2D eigenvalue weighted by Crippen LogP contribution is -2.12. The molecule has 2 N–H and O–H groups in total. The minimum atomic E-state index is -0.538. The van der Waals surface area contributed by atoms with Crippen molar-refractivity contribution >= 4 is 17.3 Å². The van der Waals surface area contributed by atoms with Gasteiger partial charge in [0, 0.05) is 17.7 Å². The highest BCUT2D eigenvalue weighted by molar-refractivity contribution is 6.03. The summed E-state index contributed by atoms with van der Waals surface area (Å²) in [6.07, 6.45) is 0. The molecule has 0 aliphatic heterocycles. The number of nitrogens with one attached hydrogen (secondary N) is 2. The lowest BCUT2D eigenvalue weighted by Gasteiger charge is -2.11. The first-order chi connectivity index (χ1) is 16.3. The number of nitro groups is 1. The second kappa shape index (κ2) is 9.45. The third-order valence-corrected chi connectivity index (χ3v) is 5.14. The number of rotatable bonds is 7. The topological polar surface area (TPSA) is 119 Å². The van der Waals surface area contributed by atoms with Crippen molar-refractivity contribution in [1.29, 1.82) is 0 Å². The number of aryl methyl sites for hydroxylation is 2. The fourth-order valence-corrected chi connectivity index (χ4v) is 3.31. The summed E-state index contributed by atoms with van der Waals surface area (Å²) in [6.45, 7) is 3.81. The zero-order valence-electron chi connectivity index (χ0n) is 18.8. The van der Waals surface area contributed by atoms with Gasteiger partial charge in [0.05, 0.1) is 29.5 Å². The van der Waals surface area contributed by atoms with Crippen molar-refractivity contribution in [2.75, 3.05) is 12.4 Å². The molecular weight excluding hydrogens is 436 g/mol. The summed E-state index contributed by atoms with van der Waals surface area (Å²) in [7, 11) is 1.58. The Morgan fingerprint density at radius 1 is 1.00 bits per heavy atom. The highest BCUT2D eigenvalue weighted by Crippen LogP contribution is 2.32. The van der Waals surface area contributed by atoms with Crippen LogP contribution in [0.4, 0.5) is 11.4 Å². The Morgan fingerprint density at radius 2 is 1.76 bits per heavy atom. The third kappa shape index (κ3) is 5.04. The lowest BCUT2D eigenvalue weighted by atomic mass is 10.1. The first-order valence-corrected chi connectivity index (χ1v) is 10.4. The number of nitro benzene ring substituents is 1. The van der Waals surface area contributed by atoms with E-state index in [0.29, 0.717) is 17.2 Å². The molecule has 1 aromatic heterocycles. The number of aromatic amines is 1. The van der Waals surface area contributed by atoms with Crippen LogP contribution < -0.4 is 14.8 Å². The van der Waals surface area contributed by atoms with Crippen LogP contribution in [0.2, 0.25) is 0 Å². The molecule has 9 heteroatoms. The van der Waals surface area contributed by atoms with Crippen LogP contribution in [-0.2, 0) is 0 Å². The Hall–Kier alpha value is -4.66. The molecule has 0 unspecified atom stereocenters. The van der Waals surface area contributed by atoms with E-state index in [2.05, 4.69) is 15.5 Å². The summed E-state index contributed by atoms with van der Waals surface area (Å²) in [5.41, 5.74) is 3.47. The Balaban J connectivity index is 1.57. The van der Waals surface area contributed by atoms with Gasteiger partial charge in [-0.25, -0.2) is 0 Å². The molecule has 0 aliphatic carbocycles. The fraction of sp³-hybridized carbons (Fsp3) is 0.120. The average Bonchev–Trinajstić information content (AvgIpc) is 3.32. The molecule has 0 aliphatic rings. The van der Waals surface area contributed by atoms with Gasteiger partial charge >= 0.3 is 0 Å². The van der Waals surface area contributed by atoms with E-state index in [-0.39, 0.29) is 22.8 Å². The minimum Gasteiger partial charge on any atom is -0.497 e. The smallest absolute Gasteiger partial charge is 0.275 e. The van der Waals surface area contributed by atoms with E-state index in [4.69, 9.17) is 9.47 Å². The molecule has 4 rings (SSSR count). The van der Waals surface area contributed by atoms with Crippen molar-refractivity contribution in [3.05, 3.63) is 93.7 Å². The van der Waals surface area contributed by atoms with Gasteiger partial charge in [0.1, 0.15) is 22.9 Å². The summed E-state index contributed by atoms with van der Waals surface area (Å²) >= 11 is 0. The van der Waals surface area contributed by atoms with Crippen LogP contribution in [0, 0.1) is 24.0 Å². The minimum absolute atomic E-state index is 0.203. The SMILES string of the molecule is COc1ccc(-c2cc(C(=O)Nc3cc(Oc4cc(C)ccc4C)cc([N+](=O)[O-])c3)[nH]n2)cc1. The van der Waals surface area contributed by atoms with Crippen molar-refractivity contribution in [1.82, 2.24) is 10.2 Å². The maximum Gasteiger partial charge on any atom is 0.275 e. The van der Waals surface area contributed by atoms with Crippen LogP contribution in [0.1, 0.15) is 21.6 Å². The Morgan fingerprint density at radius 3 is 2.47 bits per heavy atom. The fourth-order valence-electron chi connectivity index (χ4n) is 3.31. The molecule has 1 heterocycles. The molecule has 0 radical (unpaired) electrons. The van der Waals surface area contributed by atoms with E-state index in [1.165, 1.54) is 18.2 Å². The van der Waals surface area contributed by atoms with Gasteiger partial charge in [0.15, 0.2) is 0 Å². The quantitative estimate of drug-likeness (QED) is 0.273. The van der Waals surface area contributed by atoms with Crippen molar-refractivity contribution in [3.63, 3.8) is 0 Å². The molecule has 0 atom stereocenters. The molecule has 1 amide bonds. The van der Waals surface area contributed by atoms with E-state index >= 15 is 0 Å². The summed E-state index contributed by atoms with van der Waals surface area (Å²) in [5.74, 6) is 1.03. The molecule has 172 valence electrons. The van der Waals surface area contributed by atoms with Gasteiger partial charge in [-0.1, -0.05) is 12.1 Å². The number of hydrogen-bond donors (Lipinski definition) is 2. The van der Waals surface area contributed by atoms with Crippen molar-refractivity contribution in [3.8, 4) is 28.5 Å². The molecule has 0 bridgehead atoms. The second-order valence-corrected chi connectivity index (χ2v) is 7.69. The molecule has 0 saturated carbocycles. The largest absolute Gasteiger partial charge is 0.497 e. The number of aromatic nitrogens is 2. The van der Waals surface area contributed by atoms with E-state index < -0.39 is 10.8 Å². The molecule has 0 fully saturated rings. The summed E-state index contributed by atoms with van der Waals surface area (Å²) in [6, 6.07) is 18.7. The number of carbonyl (C=O) groups is 1. The number of methoxy groups -OCH3 is 1. The van der Waals surface area contributed by atoms with E-state index in [9.17, 15) is 14.9 Å². The lowest BCUT2D eigenvalue weighted by molar-refractivity contribution is -0.384. The number of non-ortho nitro benzene ring substituents is 1. The third-order valence-electron chi connectivity index (χ3n) is 5.14. The van der Waals surface area contributed by atoms with E-state index in [1.807, 2.05) is 44.2 Å². The second-order valence-electron chi connectivity index (χ2n) is 7.69. The van der Waals surface area contributed by atoms with E-state index in [1.54, 1.807) is 25.3 Å². The Kier molecular flexibility index (Phi) is 6.26. The van der Waals surface area contributed by atoms with Gasteiger partial charge in [0.25, 0.3) is 11.6 Å². The van der Waals surface area contributed by atoms with Crippen LogP contribution in [-0.4, -0.2) is 28.1 Å². The molecule has 9 nitrogen and oxygen atoms in total. The molecule has 4 aromatic rings. The van der Waals surface area contributed by atoms with Gasteiger partial charge in [-0.3, -0.25) is 20.0 Å². The van der Waals surface area contributed by atoms with Gasteiger partial charge < -0.3 is 14.8 Å². The van der Waals surface area contributed by atoms with Crippen LogP contribution in [0.5, 0.6) is 17.2 Å². The first kappa shape index (κ1) is 22.5. The monoisotopic (exact) mass is 458 g/mol. The number of nitrogens with zero attached hydrogens (tertiary/aromatic N) is 2. The van der Waals surface area contributed by atoms with Crippen molar-refractivity contribution in [2.24, 2.45) is 0 Å². The molecule has 3 aromatic carbocycles. The highest BCUT2D eigenvalue weighted by Gasteiger charge is 2.16. The van der Waals surface area contributed by atoms with Crippen molar-refractivity contribution in [2.45, 2.75) is 13.8 Å². The van der Waals surface area contributed by atoms with Gasteiger partial charge in [0.2, 0.25) is 0 Å². The number of carbonyl (C=O) groups excluding carboxylic acids is 1. The normalized spacial score (nSPS) is 10.6. The average molecular weight is 458 g/mol. The van der Waals surface area contributed by atoms with E-state index in [0.717, 1.165) is 16.7 Å². The predicted molar refractivity (Wildman–Crippen MR) is 128 cm³/mol. The summed E-state index contributed by atoms with van der Waals surface area (Å²) < 4.78 is 11.1. The number of benzene rings is 3. The van der Waals surface area contributed by atoms with Gasteiger partial charge in [-0.15, -0.1) is 0 Å². The first-order valence-electron chi connectivity index (χ1n) is 10.4. The van der Waals surface area contributed by atoms with Crippen molar-refractivity contribution < 1.29 is 19.2 Å². The molecular formula is C25H22N4O5. The predicted octanol–water partition coefficient (Wildman–Crippen LogP) is 5.65. The zero-order valence-corrected chi connectivity index (χ0v) is 18.8. The number of anilines is 1. The number of hydrogen-bond acceptors (Lipinski definition) is 6. The molecule has 0 spiro atoms. The number of amides is 1. The number of H-pyrrole nitrogens is 1. The van der Waals surface area contributed by atoms with Crippen LogP contribution in [0.25, 0.3) is 11.3 Å². The highest BCUT2D eigenvalue weighted by atomic mass is 16.6. The Bertz CT molecular complexity index is 1360. The summed E-state index contributed by atoms with van der Waals surface area (Å²) in [5, 5.41) is 21.0. The zero-order chi connectivity index (χ0) is 24.2.